The highest BCUT2D eigenvalue weighted by Gasteiger charge is 2.19. The molecule has 0 radical (unpaired) electrons. The van der Waals surface area contributed by atoms with E-state index in [9.17, 15) is 14.4 Å². The number of hydrogen-bond acceptors (Lipinski definition) is 6. The predicted molar refractivity (Wildman–Crippen MR) is 357 cm³/mol. The van der Waals surface area contributed by atoms with Crippen molar-refractivity contribution >= 4 is 17.9 Å². The second kappa shape index (κ2) is 68.8. The summed E-state index contributed by atoms with van der Waals surface area (Å²) in [5, 5.41) is 0. The fraction of sp³-hybridized carbons (Fsp3) is 0.645. The molecule has 0 saturated heterocycles. The molecule has 0 aromatic rings. The highest BCUT2D eigenvalue weighted by atomic mass is 16.6. The van der Waals surface area contributed by atoms with E-state index in [4.69, 9.17) is 14.2 Å². The second-order valence-electron chi connectivity index (χ2n) is 22.0. The Morgan fingerprint density at radius 1 is 0.256 bits per heavy atom. The zero-order chi connectivity index (χ0) is 59.2. The smallest absolute Gasteiger partial charge is 0.306 e. The summed E-state index contributed by atoms with van der Waals surface area (Å²) in [5.74, 6) is -0.977. The van der Waals surface area contributed by atoms with Crippen molar-refractivity contribution in [2.75, 3.05) is 13.2 Å². The molecule has 0 amide bonds. The van der Waals surface area contributed by atoms with Crippen molar-refractivity contribution in [1.82, 2.24) is 0 Å². The SMILES string of the molecule is CC/C=C\C/C=C\C/C=C\C/C=C\C/C=C\C/C=C\C/C=C\C/C=C\C/C=C\CCCC(=O)OCC(COC(=O)CCCCCCC/C=C\CCCCCCCCC)OC(=O)CCCCCCCCCCC/C=C\C/C=C\CCCCC. The first kappa shape index (κ1) is 77.3. The van der Waals surface area contributed by atoms with E-state index in [-0.39, 0.29) is 37.5 Å². The molecular formula is C76H124O6. The van der Waals surface area contributed by atoms with Crippen molar-refractivity contribution in [2.45, 2.75) is 303 Å². The van der Waals surface area contributed by atoms with Gasteiger partial charge in [-0.2, -0.15) is 0 Å². The average Bonchev–Trinajstić information content (AvgIpc) is 3.47. The second-order valence-corrected chi connectivity index (χ2v) is 22.0. The van der Waals surface area contributed by atoms with Crippen LogP contribution < -0.4 is 0 Å². The van der Waals surface area contributed by atoms with Gasteiger partial charge in [-0.15, -0.1) is 0 Å². The number of allylic oxidation sites excluding steroid dienone is 24. The van der Waals surface area contributed by atoms with Gasteiger partial charge in [0.05, 0.1) is 0 Å². The lowest BCUT2D eigenvalue weighted by molar-refractivity contribution is -0.167. The van der Waals surface area contributed by atoms with Crippen molar-refractivity contribution in [3.63, 3.8) is 0 Å². The van der Waals surface area contributed by atoms with Gasteiger partial charge in [-0.05, 0) is 141 Å². The van der Waals surface area contributed by atoms with Crippen LogP contribution in [0.1, 0.15) is 297 Å². The molecule has 0 bridgehead atoms. The van der Waals surface area contributed by atoms with E-state index in [1.807, 2.05) is 0 Å². The molecule has 0 fully saturated rings. The first-order valence-electron chi connectivity index (χ1n) is 33.8. The Kier molecular flexibility index (Phi) is 64.8. The predicted octanol–water partition coefficient (Wildman–Crippen LogP) is 23.5. The summed E-state index contributed by atoms with van der Waals surface area (Å²) < 4.78 is 16.9. The summed E-state index contributed by atoms with van der Waals surface area (Å²) in [6.45, 7) is 6.45. The monoisotopic (exact) mass is 1130 g/mol. The summed E-state index contributed by atoms with van der Waals surface area (Å²) >= 11 is 0. The van der Waals surface area contributed by atoms with Gasteiger partial charge in [0.2, 0.25) is 0 Å². The molecule has 0 aliphatic carbocycles. The minimum atomic E-state index is -0.815. The lowest BCUT2D eigenvalue weighted by atomic mass is 10.1. The van der Waals surface area contributed by atoms with E-state index in [0.717, 1.165) is 122 Å². The minimum absolute atomic E-state index is 0.106. The molecule has 1 atom stereocenters. The number of carbonyl (C=O) groups is 3. The number of ether oxygens (including phenoxy) is 3. The van der Waals surface area contributed by atoms with Crippen LogP contribution in [0.15, 0.2) is 146 Å². The van der Waals surface area contributed by atoms with E-state index in [0.29, 0.717) is 19.3 Å². The van der Waals surface area contributed by atoms with E-state index in [2.05, 4.69) is 167 Å². The molecule has 464 valence electrons. The van der Waals surface area contributed by atoms with E-state index in [1.54, 1.807) is 0 Å². The van der Waals surface area contributed by atoms with Crippen LogP contribution >= 0.6 is 0 Å². The van der Waals surface area contributed by atoms with Gasteiger partial charge in [-0.3, -0.25) is 14.4 Å². The summed E-state index contributed by atoms with van der Waals surface area (Å²) in [6, 6.07) is 0. The maximum absolute atomic E-state index is 12.9. The van der Waals surface area contributed by atoms with Crippen molar-refractivity contribution in [1.29, 1.82) is 0 Å². The Morgan fingerprint density at radius 3 is 0.829 bits per heavy atom. The average molecular weight is 1130 g/mol. The molecule has 0 N–H and O–H groups in total. The molecule has 1 unspecified atom stereocenters. The quantitative estimate of drug-likeness (QED) is 0.0261. The number of esters is 3. The molecule has 6 nitrogen and oxygen atoms in total. The minimum Gasteiger partial charge on any atom is -0.462 e. The van der Waals surface area contributed by atoms with Gasteiger partial charge in [0, 0.05) is 19.3 Å². The van der Waals surface area contributed by atoms with Gasteiger partial charge >= 0.3 is 17.9 Å². The normalized spacial score (nSPS) is 13.1. The number of hydrogen-bond donors (Lipinski definition) is 0. The Labute approximate surface area is 506 Å². The van der Waals surface area contributed by atoms with Gasteiger partial charge in [0.25, 0.3) is 0 Å². The van der Waals surface area contributed by atoms with Crippen molar-refractivity contribution < 1.29 is 28.6 Å². The highest BCUT2D eigenvalue weighted by Crippen LogP contribution is 2.15. The van der Waals surface area contributed by atoms with Crippen LogP contribution in [-0.2, 0) is 28.6 Å². The molecule has 0 aliphatic rings. The van der Waals surface area contributed by atoms with Crippen molar-refractivity contribution in [3.05, 3.63) is 146 Å². The van der Waals surface area contributed by atoms with Gasteiger partial charge in [-0.25, -0.2) is 0 Å². The molecule has 0 aromatic heterocycles. The zero-order valence-corrected chi connectivity index (χ0v) is 53.2. The van der Waals surface area contributed by atoms with Gasteiger partial charge in [-0.1, -0.05) is 282 Å². The maximum Gasteiger partial charge on any atom is 0.306 e. The molecule has 0 rings (SSSR count). The number of unbranched alkanes of at least 4 members (excludes halogenated alkanes) is 25. The maximum atomic E-state index is 12.9. The first-order chi connectivity index (χ1) is 40.5. The largest absolute Gasteiger partial charge is 0.462 e. The molecule has 6 heteroatoms. The van der Waals surface area contributed by atoms with Crippen LogP contribution in [0, 0.1) is 0 Å². The topological polar surface area (TPSA) is 78.9 Å². The summed E-state index contributed by atoms with van der Waals surface area (Å²) in [7, 11) is 0. The molecule has 0 aromatic carbocycles. The summed E-state index contributed by atoms with van der Waals surface area (Å²) in [4.78, 5) is 38.4. The van der Waals surface area contributed by atoms with Gasteiger partial charge < -0.3 is 14.2 Å². The standard InChI is InChI=1S/C76H124O6/c1-4-7-10-13-16-19-22-25-28-31-33-34-35-36-37-38-39-40-41-42-44-45-48-51-54-57-60-63-66-69-75(78)81-72-73(71-80-74(77)68-65-62-59-56-53-50-47-30-27-24-21-18-15-12-9-6-3)82-76(79)70-67-64-61-58-55-52-49-46-43-32-29-26-23-20-17-14-11-8-5-2/h7,10,16-17,19-20,25-26,28-30,33-34,36-37,39-40,42,44,47-48,51,57,60,73H,4-6,8-9,11-15,18,21-24,27,31-32,35,38,41,43,45-46,49-50,52-56,58-59,61-72H2,1-3H3/b10-7-,19-16-,20-17-,28-25-,29-26-,34-33-,37-36-,40-39-,44-42-,47-30-,51-48-,60-57-. The Balaban J connectivity index is 4.49. The Hall–Kier alpha value is -4.71. The lowest BCUT2D eigenvalue weighted by Crippen LogP contribution is -2.30. The van der Waals surface area contributed by atoms with Crippen LogP contribution in [0.4, 0.5) is 0 Å². The van der Waals surface area contributed by atoms with E-state index in [1.165, 1.54) is 128 Å². The molecule has 0 spiro atoms. The van der Waals surface area contributed by atoms with Gasteiger partial charge in [0.1, 0.15) is 13.2 Å². The molecule has 0 aliphatic heterocycles. The van der Waals surface area contributed by atoms with E-state index < -0.39 is 6.10 Å². The van der Waals surface area contributed by atoms with E-state index >= 15 is 0 Å². The summed E-state index contributed by atoms with van der Waals surface area (Å²) in [6.07, 6.45) is 98.6. The van der Waals surface area contributed by atoms with Crippen molar-refractivity contribution in [3.8, 4) is 0 Å². The third-order valence-corrected chi connectivity index (χ3v) is 14.0. The third-order valence-electron chi connectivity index (χ3n) is 14.0. The lowest BCUT2D eigenvalue weighted by Gasteiger charge is -2.18. The number of carbonyl (C=O) groups excluding carboxylic acids is 3. The number of rotatable bonds is 60. The molecule has 0 heterocycles. The molecule has 82 heavy (non-hydrogen) atoms. The van der Waals surface area contributed by atoms with Gasteiger partial charge in [0.15, 0.2) is 6.10 Å². The summed E-state index contributed by atoms with van der Waals surface area (Å²) in [5.41, 5.74) is 0. The van der Waals surface area contributed by atoms with Crippen LogP contribution in [0.25, 0.3) is 0 Å². The van der Waals surface area contributed by atoms with Crippen LogP contribution in [0.3, 0.4) is 0 Å². The fourth-order valence-corrected chi connectivity index (χ4v) is 9.00. The Morgan fingerprint density at radius 2 is 0.488 bits per heavy atom. The van der Waals surface area contributed by atoms with Crippen molar-refractivity contribution in [2.24, 2.45) is 0 Å². The first-order valence-corrected chi connectivity index (χ1v) is 33.8. The van der Waals surface area contributed by atoms with Crippen LogP contribution in [0.5, 0.6) is 0 Å². The molecular weight excluding hydrogens is 1010 g/mol. The Bertz CT molecular complexity index is 1780. The van der Waals surface area contributed by atoms with Crippen LogP contribution in [0.2, 0.25) is 0 Å². The molecule has 0 saturated carbocycles. The zero-order valence-electron chi connectivity index (χ0n) is 53.2. The highest BCUT2D eigenvalue weighted by molar-refractivity contribution is 5.71. The fourth-order valence-electron chi connectivity index (χ4n) is 9.00. The third kappa shape index (κ3) is 66.1. The van der Waals surface area contributed by atoms with Crippen LogP contribution in [-0.4, -0.2) is 37.2 Å².